The summed E-state index contributed by atoms with van der Waals surface area (Å²) in [6, 6.07) is 2.18. The minimum atomic E-state index is -1.24. The van der Waals surface area contributed by atoms with Crippen molar-refractivity contribution in [3.05, 3.63) is 38.9 Å². The van der Waals surface area contributed by atoms with E-state index in [0.717, 1.165) is 17.0 Å². The Hall–Kier alpha value is -2.19. The molecule has 1 aromatic rings. The predicted molar refractivity (Wildman–Crippen MR) is 71.2 cm³/mol. The Kier molecular flexibility index (Phi) is 4.10. The van der Waals surface area contributed by atoms with E-state index >= 15 is 0 Å². The zero-order valence-corrected chi connectivity index (χ0v) is 11.4. The molecule has 2 rings (SSSR count). The third-order valence-electron chi connectivity index (χ3n) is 3.17. The molecule has 9 heteroatoms. The standard InChI is InChI=1S/C12H11ClN2O6/c13-7-1-6(2-8(3-7)15(20)21)11(17)14-5-9(16)4-10(14)12(18)19/h1-3,9-10,16H,4-5H2,(H,18,19). The van der Waals surface area contributed by atoms with Crippen molar-refractivity contribution in [3.63, 3.8) is 0 Å². The van der Waals surface area contributed by atoms with Crippen molar-refractivity contribution >= 4 is 29.2 Å². The second-order valence-corrected chi connectivity index (χ2v) is 5.09. The summed E-state index contributed by atoms with van der Waals surface area (Å²) in [7, 11) is 0. The van der Waals surface area contributed by atoms with Crippen molar-refractivity contribution in [2.24, 2.45) is 0 Å². The number of nitro benzene ring substituents is 1. The highest BCUT2D eigenvalue weighted by molar-refractivity contribution is 6.31. The minimum Gasteiger partial charge on any atom is -0.480 e. The first-order valence-corrected chi connectivity index (χ1v) is 6.34. The smallest absolute Gasteiger partial charge is 0.326 e. The van der Waals surface area contributed by atoms with E-state index in [4.69, 9.17) is 16.7 Å². The second-order valence-electron chi connectivity index (χ2n) is 4.66. The molecule has 2 unspecified atom stereocenters. The average Bonchev–Trinajstić information content (AvgIpc) is 2.79. The second kappa shape index (κ2) is 5.66. The molecule has 1 aliphatic rings. The number of aliphatic hydroxyl groups is 1. The maximum atomic E-state index is 12.3. The van der Waals surface area contributed by atoms with Crippen molar-refractivity contribution < 1.29 is 24.7 Å². The number of nitro groups is 1. The summed E-state index contributed by atoms with van der Waals surface area (Å²) in [5.41, 5.74) is -0.452. The number of amides is 1. The van der Waals surface area contributed by atoms with Gasteiger partial charge in [0.2, 0.25) is 0 Å². The normalized spacial score (nSPS) is 21.3. The van der Waals surface area contributed by atoms with Crippen LogP contribution in [0.4, 0.5) is 5.69 Å². The predicted octanol–water partition coefficient (Wildman–Crippen LogP) is 0.908. The number of aliphatic hydroxyl groups excluding tert-OH is 1. The van der Waals surface area contributed by atoms with E-state index in [2.05, 4.69) is 0 Å². The molecule has 1 amide bonds. The van der Waals surface area contributed by atoms with Crippen LogP contribution < -0.4 is 0 Å². The fourth-order valence-corrected chi connectivity index (χ4v) is 2.47. The number of hydrogen-bond acceptors (Lipinski definition) is 5. The summed E-state index contributed by atoms with van der Waals surface area (Å²) in [5.74, 6) is -1.96. The van der Waals surface area contributed by atoms with Crippen molar-refractivity contribution in [2.45, 2.75) is 18.6 Å². The summed E-state index contributed by atoms with van der Waals surface area (Å²) in [5, 5.41) is 29.3. The van der Waals surface area contributed by atoms with Crippen LogP contribution in [0.1, 0.15) is 16.8 Å². The lowest BCUT2D eigenvalue weighted by Gasteiger charge is -2.21. The number of carbonyl (C=O) groups excluding carboxylic acids is 1. The first-order chi connectivity index (χ1) is 9.79. The Morgan fingerprint density at radius 1 is 1.38 bits per heavy atom. The molecule has 0 aromatic heterocycles. The molecule has 1 aliphatic heterocycles. The monoisotopic (exact) mass is 314 g/mol. The van der Waals surface area contributed by atoms with Gasteiger partial charge in [0.1, 0.15) is 6.04 Å². The Bertz CT molecular complexity index is 620. The number of aliphatic carboxylic acids is 1. The van der Waals surface area contributed by atoms with Crippen LogP contribution in [0.5, 0.6) is 0 Å². The van der Waals surface area contributed by atoms with Gasteiger partial charge in [-0.15, -0.1) is 0 Å². The molecular formula is C12H11ClN2O6. The fraction of sp³-hybridized carbons (Fsp3) is 0.333. The number of carboxylic acids is 1. The van der Waals surface area contributed by atoms with Crippen LogP contribution in [-0.2, 0) is 4.79 Å². The number of benzene rings is 1. The van der Waals surface area contributed by atoms with Crippen LogP contribution in [0.15, 0.2) is 18.2 Å². The molecule has 0 saturated carbocycles. The molecule has 21 heavy (non-hydrogen) atoms. The zero-order valence-electron chi connectivity index (χ0n) is 10.6. The fourth-order valence-electron chi connectivity index (χ4n) is 2.24. The number of likely N-dealkylation sites (tertiary alicyclic amines) is 1. The van der Waals surface area contributed by atoms with Gasteiger partial charge in [0.15, 0.2) is 0 Å². The highest BCUT2D eigenvalue weighted by Crippen LogP contribution is 2.25. The van der Waals surface area contributed by atoms with Gasteiger partial charge >= 0.3 is 5.97 Å². The average molecular weight is 315 g/mol. The van der Waals surface area contributed by atoms with Crippen LogP contribution >= 0.6 is 11.6 Å². The number of carboxylic acid groups (broad SMARTS) is 1. The zero-order chi connectivity index (χ0) is 15.7. The van der Waals surface area contributed by atoms with Gasteiger partial charge < -0.3 is 15.1 Å². The Balaban J connectivity index is 2.35. The quantitative estimate of drug-likeness (QED) is 0.631. The lowest BCUT2D eigenvalue weighted by Crippen LogP contribution is -2.40. The number of nitrogens with zero attached hydrogens (tertiary/aromatic N) is 2. The molecule has 0 bridgehead atoms. The summed E-state index contributed by atoms with van der Waals surface area (Å²) in [6.45, 7) is -0.143. The minimum absolute atomic E-state index is 0.000768. The molecule has 2 N–H and O–H groups in total. The summed E-state index contributed by atoms with van der Waals surface area (Å²) >= 11 is 5.73. The molecule has 8 nitrogen and oxygen atoms in total. The van der Waals surface area contributed by atoms with Gasteiger partial charge in [-0.1, -0.05) is 11.6 Å². The molecule has 0 aliphatic carbocycles. The molecule has 1 fully saturated rings. The molecule has 1 heterocycles. The number of rotatable bonds is 3. The number of halogens is 1. The van der Waals surface area contributed by atoms with E-state index in [1.54, 1.807) is 0 Å². The van der Waals surface area contributed by atoms with Crippen molar-refractivity contribution in [1.82, 2.24) is 4.90 Å². The first kappa shape index (κ1) is 15.2. The highest BCUT2D eigenvalue weighted by atomic mass is 35.5. The van der Waals surface area contributed by atoms with E-state index in [0.29, 0.717) is 0 Å². The number of hydrogen-bond donors (Lipinski definition) is 2. The third-order valence-corrected chi connectivity index (χ3v) is 3.38. The molecule has 112 valence electrons. The van der Waals surface area contributed by atoms with Crippen LogP contribution in [0, 0.1) is 10.1 Å². The lowest BCUT2D eigenvalue weighted by atomic mass is 10.1. The maximum absolute atomic E-state index is 12.3. The highest BCUT2D eigenvalue weighted by Gasteiger charge is 2.39. The van der Waals surface area contributed by atoms with E-state index in [-0.39, 0.29) is 29.2 Å². The molecule has 0 spiro atoms. The molecular weight excluding hydrogens is 304 g/mol. The largest absolute Gasteiger partial charge is 0.480 e. The first-order valence-electron chi connectivity index (χ1n) is 5.96. The van der Waals surface area contributed by atoms with E-state index in [9.17, 15) is 24.8 Å². The number of β-amino-alcohol motifs (C(OH)–C–C–N with tert-alkyl or cyclic N) is 1. The Morgan fingerprint density at radius 3 is 2.62 bits per heavy atom. The van der Waals surface area contributed by atoms with Gasteiger partial charge in [0.25, 0.3) is 11.6 Å². The SMILES string of the molecule is O=C(O)C1CC(O)CN1C(=O)c1cc(Cl)cc([N+](=O)[O-])c1. The third kappa shape index (κ3) is 3.11. The van der Waals surface area contributed by atoms with Gasteiger partial charge in [-0.25, -0.2) is 4.79 Å². The van der Waals surface area contributed by atoms with E-state index < -0.39 is 28.9 Å². The van der Waals surface area contributed by atoms with Gasteiger partial charge in [-0.05, 0) is 6.07 Å². The van der Waals surface area contributed by atoms with Crippen molar-refractivity contribution in [1.29, 1.82) is 0 Å². The molecule has 1 aromatic carbocycles. The lowest BCUT2D eigenvalue weighted by molar-refractivity contribution is -0.384. The number of carbonyl (C=O) groups is 2. The van der Waals surface area contributed by atoms with Crippen molar-refractivity contribution in [3.8, 4) is 0 Å². The Labute approximate surface area is 123 Å². The Morgan fingerprint density at radius 2 is 2.05 bits per heavy atom. The van der Waals surface area contributed by atoms with Gasteiger partial charge in [0.05, 0.1) is 11.0 Å². The summed E-state index contributed by atoms with van der Waals surface area (Å²) in [6.07, 6.45) is -1.02. The maximum Gasteiger partial charge on any atom is 0.326 e. The summed E-state index contributed by atoms with van der Waals surface area (Å²) in [4.78, 5) is 34.4. The van der Waals surface area contributed by atoms with Crippen LogP contribution in [0.3, 0.4) is 0 Å². The van der Waals surface area contributed by atoms with Gasteiger partial charge in [-0.2, -0.15) is 0 Å². The van der Waals surface area contributed by atoms with Crippen LogP contribution in [-0.4, -0.2) is 50.6 Å². The van der Waals surface area contributed by atoms with Gasteiger partial charge in [-0.3, -0.25) is 14.9 Å². The number of non-ortho nitro benzene ring substituents is 1. The van der Waals surface area contributed by atoms with Crippen LogP contribution in [0.2, 0.25) is 5.02 Å². The molecule has 0 radical (unpaired) electrons. The molecule has 2 atom stereocenters. The topological polar surface area (TPSA) is 121 Å². The van der Waals surface area contributed by atoms with Gasteiger partial charge in [0, 0.05) is 35.7 Å². The summed E-state index contributed by atoms with van der Waals surface area (Å²) < 4.78 is 0. The van der Waals surface area contributed by atoms with Crippen LogP contribution in [0.25, 0.3) is 0 Å². The van der Waals surface area contributed by atoms with Crippen molar-refractivity contribution in [2.75, 3.05) is 6.54 Å². The molecule has 1 saturated heterocycles. The van der Waals surface area contributed by atoms with E-state index in [1.807, 2.05) is 0 Å². The van der Waals surface area contributed by atoms with E-state index in [1.165, 1.54) is 6.07 Å².